The maximum absolute atomic E-state index is 12.7. The minimum Gasteiger partial charge on any atom is -0.299 e. The van der Waals surface area contributed by atoms with Crippen molar-refractivity contribution in [2.24, 2.45) is 50.7 Å². The highest BCUT2D eigenvalue weighted by Gasteiger charge is 2.70. The molecule has 158 valence electrons. The van der Waals surface area contributed by atoms with E-state index >= 15 is 0 Å². The van der Waals surface area contributed by atoms with Gasteiger partial charge in [-0.25, -0.2) is 0 Å². The van der Waals surface area contributed by atoms with E-state index in [-0.39, 0.29) is 0 Å². The van der Waals surface area contributed by atoms with Crippen LogP contribution in [0.15, 0.2) is 0 Å². The highest BCUT2D eigenvalue weighted by Crippen LogP contribution is 2.77. The molecule has 5 fully saturated rings. The number of Topliss-reactive ketones (excluding diaryl/α,β-unsaturated/α-hetero) is 1. The number of ketones is 1. The molecule has 0 aromatic heterocycles. The van der Waals surface area contributed by atoms with E-state index in [9.17, 15) is 4.79 Å². The first kappa shape index (κ1) is 19.6. The number of carbonyl (C=O) groups is 1. The van der Waals surface area contributed by atoms with Gasteiger partial charge in [-0.3, -0.25) is 4.79 Å². The lowest BCUT2D eigenvalue weighted by Gasteiger charge is -2.72. The summed E-state index contributed by atoms with van der Waals surface area (Å²) in [6.45, 7) is 15.8. The van der Waals surface area contributed by atoms with Gasteiger partial charge in [-0.1, -0.05) is 48.0 Å². The summed E-state index contributed by atoms with van der Waals surface area (Å²) in [6, 6.07) is 0. The van der Waals surface area contributed by atoms with Crippen molar-refractivity contribution in [2.45, 2.75) is 112 Å². The van der Waals surface area contributed by atoms with Gasteiger partial charge >= 0.3 is 0 Å². The first-order chi connectivity index (χ1) is 13.0. The molecule has 0 spiro atoms. The Morgan fingerprint density at radius 2 is 1.25 bits per heavy atom. The maximum atomic E-state index is 12.7. The van der Waals surface area contributed by atoms with Crippen LogP contribution in [0.4, 0.5) is 0 Å². The molecular weight excluding hydrogens is 340 g/mol. The van der Waals surface area contributed by atoms with Crippen molar-refractivity contribution in [3.63, 3.8) is 0 Å². The van der Waals surface area contributed by atoms with Crippen molar-refractivity contribution < 1.29 is 4.79 Å². The van der Waals surface area contributed by atoms with Gasteiger partial charge in [0, 0.05) is 12.3 Å². The van der Waals surface area contributed by atoms with Crippen LogP contribution in [0.3, 0.4) is 0 Å². The van der Waals surface area contributed by atoms with Gasteiger partial charge in [-0.05, 0) is 103 Å². The van der Waals surface area contributed by atoms with E-state index in [0.717, 1.165) is 24.2 Å². The summed E-state index contributed by atoms with van der Waals surface area (Å²) in [5, 5.41) is 0. The Morgan fingerprint density at radius 1 is 0.643 bits per heavy atom. The fraction of sp³-hybridized carbons (Fsp3) is 0.963. The second-order valence-corrected chi connectivity index (χ2v) is 13.5. The lowest BCUT2D eigenvalue weighted by atomic mass is 9.32. The molecule has 8 unspecified atom stereocenters. The van der Waals surface area contributed by atoms with Crippen LogP contribution in [0, 0.1) is 50.7 Å². The van der Waals surface area contributed by atoms with Crippen LogP contribution in [0.25, 0.3) is 0 Å². The van der Waals surface area contributed by atoms with Gasteiger partial charge in [0.25, 0.3) is 0 Å². The second kappa shape index (κ2) is 5.67. The minimum atomic E-state index is 0.293. The summed E-state index contributed by atoms with van der Waals surface area (Å²) < 4.78 is 0. The van der Waals surface area contributed by atoms with Crippen LogP contribution >= 0.6 is 0 Å². The van der Waals surface area contributed by atoms with E-state index in [2.05, 4.69) is 41.5 Å². The van der Waals surface area contributed by atoms with Gasteiger partial charge in [0.1, 0.15) is 5.78 Å². The molecule has 0 radical (unpaired) electrons. The zero-order valence-electron chi connectivity index (χ0n) is 19.5. The third-order valence-corrected chi connectivity index (χ3v) is 12.5. The van der Waals surface area contributed by atoms with Gasteiger partial charge in [-0.15, -0.1) is 0 Å². The van der Waals surface area contributed by atoms with Gasteiger partial charge in [0.2, 0.25) is 0 Å². The average Bonchev–Trinajstić information content (AvgIpc) is 2.90. The van der Waals surface area contributed by atoms with Crippen molar-refractivity contribution in [1.82, 2.24) is 0 Å². The Hall–Kier alpha value is -0.330. The maximum Gasteiger partial charge on any atom is 0.136 e. The highest BCUT2D eigenvalue weighted by molar-refractivity contribution is 5.84. The molecule has 5 aliphatic rings. The summed E-state index contributed by atoms with van der Waals surface area (Å²) in [4.78, 5) is 12.7. The Bertz CT molecular complexity index is 692. The zero-order valence-corrected chi connectivity index (χ0v) is 19.5. The van der Waals surface area contributed by atoms with E-state index in [1.54, 1.807) is 0 Å². The van der Waals surface area contributed by atoms with Crippen LogP contribution in [0.5, 0.6) is 0 Å². The SMILES string of the molecule is CC1(C)CCCC2(C)C1CCC1(C)C2CCC2C3(C)CCC(=O)C3CCC21C. The topological polar surface area (TPSA) is 17.1 Å². The van der Waals surface area contributed by atoms with Gasteiger partial charge in [0.15, 0.2) is 0 Å². The third kappa shape index (κ3) is 2.13. The summed E-state index contributed by atoms with van der Waals surface area (Å²) in [5.74, 6) is 3.54. The van der Waals surface area contributed by atoms with Crippen LogP contribution in [-0.4, -0.2) is 5.78 Å². The molecule has 0 heterocycles. The van der Waals surface area contributed by atoms with Crippen molar-refractivity contribution in [3.8, 4) is 0 Å². The number of hydrogen-bond donors (Lipinski definition) is 0. The zero-order chi connectivity index (χ0) is 20.2. The predicted molar refractivity (Wildman–Crippen MR) is 116 cm³/mol. The standard InChI is InChI=1S/C27H44O/c1-23(2)13-7-14-25(4)20(23)12-17-27(6)22(25)9-8-21-24(3)15-11-19(28)18(24)10-16-26(21,27)5/h18,20-22H,7-17H2,1-6H3. The second-order valence-electron chi connectivity index (χ2n) is 13.5. The Morgan fingerprint density at radius 3 is 1.93 bits per heavy atom. The Balaban J connectivity index is 1.56. The predicted octanol–water partition coefficient (Wildman–Crippen LogP) is 7.43. The molecule has 5 rings (SSSR count). The van der Waals surface area contributed by atoms with Gasteiger partial charge in [0.05, 0.1) is 0 Å². The molecule has 0 aromatic carbocycles. The normalized spacial score (nSPS) is 57.7. The van der Waals surface area contributed by atoms with Gasteiger partial charge < -0.3 is 0 Å². The minimum absolute atomic E-state index is 0.293. The number of carbonyl (C=O) groups excluding carboxylic acids is 1. The van der Waals surface area contributed by atoms with Crippen LogP contribution < -0.4 is 0 Å². The van der Waals surface area contributed by atoms with Gasteiger partial charge in [-0.2, -0.15) is 0 Å². The number of hydrogen-bond acceptors (Lipinski definition) is 1. The van der Waals surface area contributed by atoms with E-state index in [1.165, 1.54) is 64.2 Å². The van der Waals surface area contributed by atoms with Crippen molar-refractivity contribution in [2.75, 3.05) is 0 Å². The largest absolute Gasteiger partial charge is 0.299 e. The molecule has 0 saturated heterocycles. The first-order valence-corrected chi connectivity index (χ1v) is 12.5. The molecule has 0 amide bonds. The molecule has 8 atom stereocenters. The van der Waals surface area contributed by atoms with E-state index in [0.29, 0.717) is 38.8 Å². The van der Waals surface area contributed by atoms with Crippen LogP contribution in [0.1, 0.15) is 112 Å². The van der Waals surface area contributed by atoms with Crippen molar-refractivity contribution in [1.29, 1.82) is 0 Å². The molecule has 1 heteroatoms. The molecule has 0 bridgehead atoms. The molecule has 0 aliphatic heterocycles. The van der Waals surface area contributed by atoms with Crippen molar-refractivity contribution >= 4 is 5.78 Å². The fourth-order valence-corrected chi connectivity index (χ4v) is 11.0. The molecule has 28 heavy (non-hydrogen) atoms. The average molecular weight is 385 g/mol. The number of fused-ring (bicyclic) bond motifs is 7. The summed E-state index contributed by atoms with van der Waals surface area (Å²) in [7, 11) is 0. The molecule has 0 aromatic rings. The number of rotatable bonds is 0. The van der Waals surface area contributed by atoms with Crippen LogP contribution in [-0.2, 0) is 4.79 Å². The molecule has 5 aliphatic carbocycles. The summed E-state index contributed by atoms with van der Waals surface area (Å²) in [5.41, 5.74) is 2.25. The smallest absolute Gasteiger partial charge is 0.136 e. The van der Waals surface area contributed by atoms with E-state index in [4.69, 9.17) is 0 Å². The summed E-state index contributed by atoms with van der Waals surface area (Å²) in [6.07, 6.45) is 14.5. The molecule has 5 saturated carbocycles. The Labute approximate surface area is 173 Å². The lowest BCUT2D eigenvalue weighted by Crippen LogP contribution is -2.65. The van der Waals surface area contributed by atoms with E-state index < -0.39 is 0 Å². The molecule has 1 nitrogen and oxygen atoms in total. The van der Waals surface area contributed by atoms with Crippen molar-refractivity contribution in [3.05, 3.63) is 0 Å². The monoisotopic (exact) mass is 384 g/mol. The summed E-state index contributed by atoms with van der Waals surface area (Å²) >= 11 is 0. The lowest BCUT2D eigenvalue weighted by molar-refractivity contribution is -0.238. The first-order valence-electron chi connectivity index (χ1n) is 12.5. The molecule has 0 N–H and O–H groups in total. The quantitative estimate of drug-likeness (QED) is 0.424. The third-order valence-electron chi connectivity index (χ3n) is 12.5. The highest BCUT2D eigenvalue weighted by atomic mass is 16.1. The van der Waals surface area contributed by atoms with E-state index in [1.807, 2.05) is 0 Å². The molecular formula is C27H44O. The Kier molecular flexibility index (Phi) is 3.97. The van der Waals surface area contributed by atoms with Crippen LogP contribution in [0.2, 0.25) is 0 Å². The fourth-order valence-electron chi connectivity index (χ4n) is 11.0.